The van der Waals surface area contributed by atoms with Crippen molar-refractivity contribution < 1.29 is 9.90 Å². The quantitative estimate of drug-likeness (QED) is 0.683. The van der Waals surface area contributed by atoms with Crippen molar-refractivity contribution in [3.8, 4) is 6.07 Å². The largest absolute Gasteiger partial charge is 0.385 e. The van der Waals surface area contributed by atoms with Gasteiger partial charge in [0.25, 0.3) is 0 Å². The molecule has 0 bridgehead atoms. The van der Waals surface area contributed by atoms with Crippen LogP contribution in [-0.4, -0.2) is 20.9 Å². The predicted molar refractivity (Wildman–Crippen MR) is 116 cm³/mol. The smallest absolute Gasteiger partial charge is 0.202 e. The summed E-state index contributed by atoms with van der Waals surface area (Å²) in [5, 5.41) is 20.1. The molecule has 1 aromatic carbocycles. The number of ketones is 1. The topological polar surface area (TPSA) is 89.8 Å². The lowest BCUT2D eigenvalue weighted by Gasteiger charge is -2.30. The lowest BCUT2D eigenvalue weighted by atomic mass is 9.75. The predicted octanol–water partition coefficient (Wildman–Crippen LogP) is 5.06. The Morgan fingerprint density at radius 1 is 1.27 bits per heavy atom. The summed E-state index contributed by atoms with van der Waals surface area (Å²) >= 11 is 0. The molecule has 0 atom stereocenters. The van der Waals surface area contributed by atoms with Crippen LogP contribution in [0.1, 0.15) is 91.8 Å². The maximum atomic E-state index is 12.8. The number of Topliss-reactive ketones (excluding diaryl/α,β-unsaturated/α-hetero) is 1. The summed E-state index contributed by atoms with van der Waals surface area (Å²) in [5.41, 5.74) is 4.07. The molecule has 2 aliphatic rings. The number of hydrogen-bond donors (Lipinski definition) is 2. The lowest BCUT2D eigenvalue weighted by molar-refractivity contribution is 0.0444. The number of carbonyl (C=O) groups is 1. The van der Waals surface area contributed by atoms with Gasteiger partial charge in [-0.3, -0.25) is 4.79 Å². The van der Waals surface area contributed by atoms with Crippen LogP contribution in [-0.2, 0) is 12.0 Å². The number of nitrogens with zero attached hydrogens (tertiary/aromatic N) is 2. The summed E-state index contributed by atoms with van der Waals surface area (Å²) in [6.07, 6.45) is 10.7. The molecule has 1 fully saturated rings. The van der Waals surface area contributed by atoms with E-state index in [4.69, 9.17) is 5.26 Å². The standard InChI is InChI=1S/C25H29N3O2/c1-24(2)11-7-17(8-12-24)21-14-19(25(30)9-3-4-10-25)6-5-18(21)13-22(29)23-27-16-20(15-26)28-23/h5-7,14,16,30H,3-4,8-13H2,1-2H3,(H,27,28). The summed E-state index contributed by atoms with van der Waals surface area (Å²) in [5.74, 6) is 0.0802. The van der Waals surface area contributed by atoms with Gasteiger partial charge in [-0.15, -0.1) is 0 Å². The highest BCUT2D eigenvalue weighted by Gasteiger charge is 2.34. The van der Waals surface area contributed by atoms with E-state index in [-0.39, 0.29) is 23.7 Å². The molecule has 1 aromatic heterocycles. The summed E-state index contributed by atoms with van der Waals surface area (Å²) in [4.78, 5) is 19.6. The van der Waals surface area contributed by atoms with Gasteiger partial charge in [-0.1, -0.05) is 44.9 Å². The fraction of sp³-hybridized carbons (Fsp3) is 0.480. The van der Waals surface area contributed by atoms with Gasteiger partial charge in [0.05, 0.1) is 11.8 Å². The Hall–Kier alpha value is -2.71. The molecule has 1 saturated carbocycles. The highest BCUT2D eigenvalue weighted by Crippen LogP contribution is 2.42. The van der Waals surface area contributed by atoms with Crippen LogP contribution in [0.5, 0.6) is 0 Å². The number of allylic oxidation sites excluding steroid dienone is 2. The normalized spacial score (nSPS) is 19.9. The van der Waals surface area contributed by atoms with Crippen LogP contribution in [0.25, 0.3) is 5.57 Å². The molecule has 1 heterocycles. The van der Waals surface area contributed by atoms with Crippen molar-refractivity contribution >= 4 is 11.4 Å². The molecule has 30 heavy (non-hydrogen) atoms. The molecule has 0 aliphatic heterocycles. The van der Waals surface area contributed by atoms with E-state index in [1.54, 1.807) is 0 Å². The Morgan fingerprint density at radius 3 is 2.67 bits per heavy atom. The van der Waals surface area contributed by atoms with E-state index < -0.39 is 5.60 Å². The van der Waals surface area contributed by atoms with Gasteiger partial charge in [0, 0.05) is 6.42 Å². The molecular weight excluding hydrogens is 374 g/mol. The summed E-state index contributed by atoms with van der Waals surface area (Å²) in [7, 11) is 0. The number of H-pyrrole nitrogens is 1. The molecule has 2 aromatic rings. The Morgan fingerprint density at radius 2 is 2.03 bits per heavy atom. The molecule has 0 spiro atoms. The molecule has 0 radical (unpaired) electrons. The number of aliphatic hydroxyl groups is 1. The number of carbonyl (C=O) groups excluding carboxylic acids is 1. The first-order valence-corrected chi connectivity index (χ1v) is 10.8. The van der Waals surface area contributed by atoms with Crippen molar-refractivity contribution in [2.75, 3.05) is 0 Å². The fourth-order valence-corrected chi connectivity index (χ4v) is 4.67. The van der Waals surface area contributed by atoms with Crippen molar-refractivity contribution in [3.63, 3.8) is 0 Å². The Bertz CT molecular complexity index is 1030. The van der Waals surface area contributed by atoms with Crippen molar-refractivity contribution in [1.82, 2.24) is 9.97 Å². The zero-order valence-corrected chi connectivity index (χ0v) is 17.8. The van der Waals surface area contributed by atoms with Crippen LogP contribution in [0.2, 0.25) is 0 Å². The maximum absolute atomic E-state index is 12.8. The van der Waals surface area contributed by atoms with E-state index in [2.05, 4.69) is 36.0 Å². The van der Waals surface area contributed by atoms with Gasteiger partial charge in [0.1, 0.15) is 11.8 Å². The van der Waals surface area contributed by atoms with Crippen LogP contribution in [0.15, 0.2) is 30.5 Å². The first-order valence-electron chi connectivity index (χ1n) is 10.8. The highest BCUT2D eigenvalue weighted by atomic mass is 16.3. The van der Waals surface area contributed by atoms with Gasteiger partial charge >= 0.3 is 0 Å². The highest BCUT2D eigenvalue weighted by molar-refractivity contribution is 5.95. The van der Waals surface area contributed by atoms with E-state index in [9.17, 15) is 9.90 Å². The van der Waals surface area contributed by atoms with Crippen molar-refractivity contribution in [3.05, 3.63) is 58.7 Å². The maximum Gasteiger partial charge on any atom is 0.202 e. The summed E-state index contributed by atoms with van der Waals surface area (Å²) in [6, 6.07) is 8.06. The molecule has 5 nitrogen and oxygen atoms in total. The number of imidazole rings is 1. The summed E-state index contributed by atoms with van der Waals surface area (Å²) < 4.78 is 0. The van der Waals surface area contributed by atoms with E-state index in [0.29, 0.717) is 5.41 Å². The zero-order valence-electron chi connectivity index (χ0n) is 17.8. The second-order valence-electron chi connectivity index (χ2n) is 9.57. The van der Waals surface area contributed by atoms with Crippen molar-refractivity contribution in [2.45, 2.75) is 70.8 Å². The molecule has 2 aliphatic carbocycles. The first-order chi connectivity index (χ1) is 14.3. The van der Waals surface area contributed by atoms with Crippen molar-refractivity contribution in [1.29, 1.82) is 5.26 Å². The number of benzene rings is 1. The summed E-state index contributed by atoms with van der Waals surface area (Å²) in [6.45, 7) is 4.57. The number of nitrogens with one attached hydrogen (secondary N) is 1. The van der Waals surface area contributed by atoms with Gasteiger partial charge in [-0.2, -0.15) is 5.26 Å². The SMILES string of the molecule is CC1(C)CC=C(c2cc(C3(O)CCCC3)ccc2CC(=O)c2ncc(C#N)[nH]2)CC1. The minimum atomic E-state index is -0.755. The van der Waals surface area contributed by atoms with E-state index in [1.807, 2.05) is 18.2 Å². The molecule has 0 unspecified atom stereocenters. The van der Waals surface area contributed by atoms with Crippen LogP contribution in [0.3, 0.4) is 0 Å². The molecule has 5 heteroatoms. The Labute approximate surface area is 177 Å². The van der Waals surface area contributed by atoms with Crippen LogP contribution in [0.4, 0.5) is 0 Å². The lowest BCUT2D eigenvalue weighted by Crippen LogP contribution is -2.22. The first kappa shape index (κ1) is 20.6. The zero-order chi connectivity index (χ0) is 21.4. The van der Waals surface area contributed by atoms with Crippen LogP contribution < -0.4 is 0 Å². The molecule has 0 amide bonds. The molecule has 0 saturated heterocycles. The van der Waals surface area contributed by atoms with Crippen molar-refractivity contribution in [2.24, 2.45) is 5.41 Å². The fourth-order valence-electron chi connectivity index (χ4n) is 4.67. The number of aromatic amines is 1. The van der Waals surface area contributed by atoms with Gasteiger partial charge in [-0.05, 0) is 65.8 Å². The van der Waals surface area contributed by atoms with E-state index in [0.717, 1.165) is 61.6 Å². The third kappa shape index (κ3) is 4.11. The van der Waals surface area contributed by atoms with E-state index in [1.165, 1.54) is 11.8 Å². The molecular formula is C25H29N3O2. The van der Waals surface area contributed by atoms with Gasteiger partial charge in [0.15, 0.2) is 5.82 Å². The Balaban J connectivity index is 1.69. The van der Waals surface area contributed by atoms with E-state index >= 15 is 0 Å². The average molecular weight is 404 g/mol. The number of hydrogen-bond acceptors (Lipinski definition) is 4. The second-order valence-corrected chi connectivity index (χ2v) is 9.57. The minimum Gasteiger partial charge on any atom is -0.385 e. The third-order valence-corrected chi connectivity index (χ3v) is 6.71. The third-order valence-electron chi connectivity index (χ3n) is 6.71. The van der Waals surface area contributed by atoms with Gasteiger partial charge in [0.2, 0.25) is 5.78 Å². The number of rotatable bonds is 5. The Kier molecular flexibility index (Phi) is 5.38. The average Bonchev–Trinajstić information content (AvgIpc) is 3.38. The minimum absolute atomic E-state index is 0.137. The van der Waals surface area contributed by atoms with Crippen LogP contribution >= 0.6 is 0 Å². The number of nitriles is 1. The van der Waals surface area contributed by atoms with Gasteiger partial charge in [-0.25, -0.2) is 4.98 Å². The molecule has 2 N–H and O–H groups in total. The van der Waals surface area contributed by atoms with Gasteiger partial charge < -0.3 is 10.1 Å². The second kappa shape index (κ2) is 7.85. The van der Waals surface area contributed by atoms with Crippen LogP contribution in [0, 0.1) is 16.7 Å². The molecule has 156 valence electrons. The monoisotopic (exact) mass is 403 g/mol. The molecule has 4 rings (SSSR count). The number of aromatic nitrogens is 2.